The summed E-state index contributed by atoms with van der Waals surface area (Å²) in [4.78, 5) is 29.9. The first-order chi connectivity index (χ1) is 12.4. The number of carboxylic acids is 1. The van der Waals surface area contributed by atoms with Crippen LogP contribution in [0.15, 0.2) is 30.7 Å². The maximum absolute atomic E-state index is 12.0. The van der Waals surface area contributed by atoms with Gasteiger partial charge in [-0.25, -0.2) is 9.78 Å². The SMILES string of the molecule is CC(NCCC(=O)NC(Cc1cnc[nH]1)C(=O)O)c1ccc(O)cc1O. The van der Waals surface area contributed by atoms with Crippen molar-refractivity contribution < 1.29 is 24.9 Å². The zero-order valence-corrected chi connectivity index (χ0v) is 14.3. The lowest BCUT2D eigenvalue weighted by atomic mass is 10.1. The lowest BCUT2D eigenvalue weighted by molar-refractivity contribution is -0.141. The molecule has 2 aromatic rings. The summed E-state index contributed by atoms with van der Waals surface area (Å²) in [5.74, 6) is -1.59. The molecule has 0 aliphatic carbocycles. The van der Waals surface area contributed by atoms with Crippen LogP contribution in [0.25, 0.3) is 0 Å². The van der Waals surface area contributed by atoms with Crippen LogP contribution in [0.1, 0.15) is 30.6 Å². The van der Waals surface area contributed by atoms with Crippen molar-refractivity contribution in [1.82, 2.24) is 20.6 Å². The number of carbonyl (C=O) groups is 2. The first kappa shape index (κ1) is 19.3. The number of phenols is 2. The van der Waals surface area contributed by atoms with Crippen LogP contribution >= 0.6 is 0 Å². The zero-order chi connectivity index (χ0) is 19.1. The van der Waals surface area contributed by atoms with Crippen LogP contribution in [-0.4, -0.2) is 49.8 Å². The minimum absolute atomic E-state index is 0.0326. The van der Waals surface area contributed by atoms with Gasteiger partial charge in [-0.15, -0.1) is 0 Å². The number of amides is 1. The van der Waals surface area contributed by atoms with Gasteiger partial charge in [-0.1, -0.05) is 6.07 Å². The number of hydrogen-bond acceptors (Lipinski definition) is 6. The molecule has 2 atom stereocenters. The van der Waals surface area contributed by atoms with Gasteiger partial charge < -0.3 is 30.9 Å². The maximum atomic E-state index is 12.0. The Labute approximate surface area is 150 Å². The Morgan fingerprint density at radius 1 is 1.31 bits per heavy atom. The maximum Gasteiger partial charge on any atom is 0.326 e. The Bertz CT molecular complexity index is 748. The highest BCUT2D eigenvalue weighted by Gasteiger charge is 2.21. The quantitative estimate of drug-likeness (QED) is 0.384. The average molecular weight is 362 g/mol. The van der Waals surface area contributed by atoms with Crippen molar-refractivity contribution in [3.8, 4) is 11.5 Å². The van der Waals surface area contributed by atoms with Gasteiger partial charge in [0.25, 0.3) is 0 Å². The van der Waals surface area contributed by atoms with E-state index in [-0.39, 0.29) is 30.4 Å². The van der Waals surface area contributed by atoms with E-state index >= 15 is 0 Å². The van der Waals surface area contributed by atoms with Gasteiger partial charge in [-0.05, 0) is 13.0 Å². The highest BCUT2D eigenvalue weighted by atomic mass is 16.4. The molecule has 0 radical (unpaired) electrons. The number of aliphatic carboxylic acids is 1. The lowest BCUT2D eigenvalue weighted by Gasteiger charge is -2.17. The number of aromatic hydroxyl groups is 2. The second-order valence-electron chi connectivity index (χ2n) is 5.91. The molecule has 0 fully saturated rings. The van der Waals surface area contributed by atoms with Gasteiger partial charge in [0.2, 0.25) is 5.91 Å². The molecule has 0 saturated carbocycles. The van der Waals surface area contributed by atoms with Crippen LogP contribution in [0.2, 0.25) is 0 Å². The van der Waals surface area contributed by atoms with E-state index in [1.54, 1.807) is 6.07 Å². The minimum Gasteiger partial charge on any atom is -0.508 e. The van der Waals surface area contributed by atoms with Crippen LogP contribution in [0.3, 0.4) is 0 Å². The summed E-state index contributed by atoms with van der Waals surface area (Å²) in [6, 6.07) is 3.01. The van der Waals surface area contributed by atoms with Gasteiger partial charge in [0, 0.05) is 48.9 Å². The Balaban J connectivity index is 1.80. The summed E-state index contributed by atoms with van der Waals surface area (Å²) >= 11 is 0. The molecule has 1 amide bonds. The number of imidazole rings is 1. The van der Waals surface area contributed by atoms with E-state index in [9.17, 15) is 24.9 Å². The van der Waals surface area contributed by atoms with E-state index in [0.29, 0.717) is 17.8 Å². The molecule has 9 heteroatoms. The monoisotopic (exact) mass is 362 g/mol. The molecule has 1 aromatic carbocycles. The molecule has 1 heterocycles. The van der Waals surface area contributed by atoms with E-state index < -0.39 is 17.9 Å². The fraction of sp³-hybridized carbons (Fsp3) is 0.353. The van der Waals surface area contributed by atoms with Gasteiger partial charge in [-0.3, -0.25) is 4.79 Å². The van der Waals surface area contributed by atoms with Gasteiger partial charge >= 0.3 is 5.97 Å². The zero-order valence-electron chi connectivity index (χ0n) is 14.3. The number of nitrogens with one attached hydrogen (secondary N) is 3. The van der Waals surface area contributed by atoms with Gasteiger partial charge in [0.05, 0.1) is 6.33 Å². The number of phenolic OH excluding ortho intramolecular Hbond substituents is 2. The van der Waals surface area contributed by atoms with Crippen LogP contribution in [0, 0.1) is 0 Å². The Kier molecular flexibility index (Phi) is 6.56. The third-order valence-corrected chi connectivity index (χ3v) is 3.90. The molecular weight excluding hydrogens is 340 g/mol. The highest BCUT2D eigenvalue weighted by Crippen LogP contribution is 2.27. The Morgan fingerprint density at radius 3 is 2.69 bits per heavy atom. The average Bonchev–Trinajstić information content (AvgIpc) is 3.07. The topological polar surface area (TPSA) is 148 Å². The number of carbonyl (C=O) groups excluding carboxylic acids is 1. The summed E-state index contributed by atoms with van der Waals surface area (Å²) in [5.41, 5.74) is 1.21. The molecule has 140 valence electrons. The van der Waals surface area contributed by atoms with E-state index in [1.807, 2.05) is 6.92 Å². The van der Waals surface area contributed by atoms with E-state index in [1.165, 1.54) is 24.7 Å². The number of rotatable bonds is 9. The first-order valence-corrected chi connectivity index (χ1v) is 8.11. The number of nitrogens with zero attached hydrogens (tertiary/aromatic N) is 1. The largest absolute Gasteiger partial charge is 0.508 e. The molecule has 1 aromatic heterocycles. The van der Waals surface area contributed by atoms with Crippen LogP contribution < -0.4 is 10.6 Å². The first-order valence-electron chi connectivity index (χ1n) is 8.11. The summed E-state index contributed by atoms with van der Waals surface area (Å²) in [6.07, 6.45) is 3.15. The molecule has 26 heavy (non-hydrogen) atoms. The van der Waals surface area contributed by atoms with Crippen LogP contribution in [0.5, 0.6) is 11.5 Å². The van der Waals surface area contributed by atoms with E-state index in [0.717, 1.165) is 0 Å². The molecule has 9 nitrogen and oxygen atoms in total. The van der Waals surface area contributed by atoms with Gasteiger partial charge in [0.15, 0.2) is 0 Å². The number of hydrogen-bond donors (Lipinski definition) is 6. The second-order valence-corrected chi connectivity index (χ2v) is 5.91. The molecule has 2 rings (SSSR count). The van der Waals surface area contributed by atoms with Crippen molar-refractivity contribution in [2.24, 2.45) is 0 Å². The highest BCUT2D eigenvalue weighted by molar-refractivity contribution is 5.83. The number of carboxylic acid groups (broad SMARTS) is 1. The number of H-pyrrole nitrogens is 1. The second kappa shape index (κ2) is 8.86. The molecular formula is C17H22N4O5. The fourth-order valence-electron chi connectivity index (χ4n) is 2.49. The summed E-state index contributed by atoms with van der Waals surface area (Å²) in [7, 11) is 0. The van der Waals surface area contributed by atoms with E-state index in [2.05, 4.69) is 20.6 Å². The van der Waals surface area contributed by atoms with Crippen LogP contribution in [0.4, 0.5) is 0 Å². The lowest BCUT2D eigenvalue weighted by Crippen LogP contribution is -2.43. The van der Waals surface area contributed by atoms with Gasteiger partial charge in [0.1, 0.15) is 17.5 Å². The van der Waals surface area contributed by atoms with Crippen molar-refractivity contribution >= 4 is 11.9 Å². The normalized spacial score (nSPS) is 13.1. The molecule has 2 unspecified atom stereocenters. The molecule has 0 aliphatic rings. The third kappa shape index (κ3) is 5.49. The Hall–Kier alpha value is -3.07. The summed E-state index contributed by atoms with van der Waals surface area (Å²) < 4.78 is 0. The van der Waals surface area contributed by atoms with Gasteiger partial charge in [-0.2, -0.15) is 0 Å². The number of aromatic nitrogens is 2. The van der Waals surface area contributed by atoms with Crippen molar-refractivity contribution in [2.45, 2.75) is 31.8 Å². The van der Waals surface area contributed by atoms with Crippen molar-refractivity contribution in [2.75, 3.05) is 6.54 Å². The third-order valence-electron chi connectivity index (χ3n) is 3.90. The van der Waals surface area contributed by atoms with Crippen molar-refractivity contribution in [1.29, 1.82) is 0 Å². The van der Waals surface area contributed by atoms with E-state index in [4.69, 9.17) is 0 Å². The molecule has 6 N–H and O–H groups in total. The molecule has 0 saturated heterocycles. The van der Waals surface area contributed by atoms with Crippen molar-refractivity contribution in [3.05, 3.63) is 42.0 Å². The summed E-state index contributed by atoms with van der Waals surface area (Å²) in [5, 5.41) is 33.9. The van der Waals surface area contributed by atoms with Crippen molar-refractivity contribution in [3.63, 3.8) is 0 Å². The minimum atomic E-state index is -1.12. The summed E-state index contributed by atoms with van der Waals surface area (Å²) in [6.45, 7) is 2.10. The predicted octanol–water partition coefficient (Wildman–Crippen LogP) is 0.674. The molecule has 0 spiro atoms. The predicted molar refractivity (Wildman–Crippen MR) is 92.7 cm³/mol. The standard InChI is InChI=1S/C17H22N4O5/c1-10(13-3-2-12(22)7-15(13)23)19-5-4-16(24)21-14(17(25)26)6-11-8-18-9-20-11/h2-3,7-10,14,19,22-23H,4-6H2,1H3,(H,18,20)(H,21,24)(H,25,26). The number of aromatic amines is 1. The number of benzene rings is 1. The fourth-order valence-corrected chi connectivity index (χ4v) is 2.49. The molecule has 0 bridgehead atoms. The molecule has 0 aliphatic heterocycles. The van der Waals surface area contributed by atoms with Crippen LogP contribution in [-0.2, 0) is 16.0 Å². The Morgan fingerprint density at radius 2 is 2.08 bits per heavy atom. The smallest absolute Gasteiger partial charge is 0.326 e.